The normalized spacial score (nSPS) is 23.2. The van der Waals surface area contributed by atoms with Gasteiger partial charge in [0.25, 0.3) is 0 Å². The third kappa shape index (κ3) is 5.41. The van der Waals surface area contributed by atoms with E-state index in [4.69, 9.17) is 10.5 Å². The molecule has 2 amide bonds. The van der Waals surface area contributed by atoms with Crippen molar-refractivity contribution < 1.29 is 24.2 Å². The lowest BCUT2D eigenvalue weighted by molar-refractivity contribution is -0.134. The van der Waals surface area contributed by atoms with Crippen molar-refractivity contribution in [2.24, 2.45) is 5.73 Å². The number of aliphatic hydroxyl groups is 1. The predicted octanol–water partition coefficient (Wildman–Crippen LogP) is -2.31. The maximum Gasteiger partial charge on any atom is 0.246 e. The Bertz CT molecular complexity index is 339. The fourth-order valence-corrected chi connectivity index (χ4v) is 1.96. The van der Waals surface area contributed by atoms with Gasteiger partial charge in [-0.15, -0.1) is 0 Å². The van der Waals surface area contributed by atoms with Gasteiger partial charge in [-0.3, -0.25) is 9.59 Å². The van der Waals surface area contributed by atoms with Crippen LogP contribution in [0.15, 0.2) is 0 Å². The molecule has 1 saturated heterocycles. The number of nitrogens with zero attached hydrogens (tertiary/aromatic N) is 1. The average molecular weight is 289 g/mol. The fraction of sp³-hybridized carbons (Fsp3) is 0.833. The molecule has 0 aromatic carbocycles. The molecule has 0 radical (unpaired) electrons. The van der Waals surface area contributed by atoms with E-state index in [-0.39, 0.29) is 51.1 Å². The van der Waals surface area contributed by atoms with Gasteiger partial charge in [0.05, 0.1) is 26.3 Å². The van der Waals surface area contributed by atoms with Gasteiger partial charge >= 0.3 is 0 Å². The summed E-state index contributed by atoms with van der Waals surface area (Å²) < 4.78 is 9.99. The average Bonchev–Trinajstić information content (AvgIpc) is 2.60. The van der Waals surface area contributed by atoms with Gasteiger partial charge in [0.2, 0.25) is 11.8 Å². The van der Waals surface area contributed by atoms with E-state index in [9.17, 15) is 14.7 Å². The number of ether oxygens (including phenoxy) is 2. The zero-order valence-electron chi connectivity index (χ0n) is 11.8. The summed E-state index contributed by atoms with van der Waals surface area (Å²) in [6.07, 6.45) is 0.228. The molecule has 4 N–H and O–H groups in total. The quantitative estimate of drug-likeness (QED) is 0.506. The summed E-state index contributed by atoms with van der Waals surface area (Å²) in [5.41, 5.74) is 4.06. The molecule has 8 heteroatoms. The highest BCUT2D eigenvalue weighted by Gasteiger charge is 2.34. The Hall–Kier alpha value is -1.22. The van der Waals surface area contributed by atoms with E-state index in [2.05, 4.69) is 10.1 Å². The Balaban J connectivity index is 2.57. The first-order chi connectivity index (χ1) is 9.50. The van der Waals surface area contributed by atoms with Crippen LogP contribution in [0.2, 0.25) is 0 Å². The van der Waals surface area contributed by atoms with Gasteiger partial charge in [0.1, 0.15) is 12.2 Å². The first-order valence-electron chi connectivity index (χ1n) is 6.54. The highest BCUT2D eigenvalue weighted by molar-refractivity contribution is 5.77. The largest absolute Gasteiger partial charge is 0.384 e. The second kappa shape index (κ2) is 8.15. The van der Waals surface area contributed by atoms with Crippen molar-refractivity contribution in [1.29, 1.82) is 0 Å². The number of carbonyl (C=O) groups excluding carboxylic acids is 2. The Morgan fingerprint density at radius 2 is 2.30 bits per heavy atom. The molecule has 1 atom stereocenters. The number of methoxy groups -OCH3 is 1. The molecule has 116 valence electrons. The molecule has 0 aromatic heterocycles. The predicted molar refractivity (Wildman–Crippen MR) is 70.9 cm³/mol. The van der Waals surface area contributed by atoms with Crippen LogP contribution >= 0.6 is 0 Å². The molecule has 1 aliphatic heterocycles. The summed E-state index contributed by atoms with van der Waals surface area (Å²) in [6, 6.07) is 0. The third-order valence-electron chi connectivity index (χ3n) is 2.96. The lowest BCUT2D eigenvalue weighted by Crippen LogP contribution is -2.53. The molecule has 0 aliphatic carbocycles. The maximum absolute atomic E-state index is 11.9. The summed E-state index contributed by atoms with van der Waals surface area (Å²) in [5.74, 6) is -0.454. The number of rotatable bonds is 6. The number of hydrogen-bond donors (Lipinski definition) is 3. The van der Waals surface area contributed by atoms with Crippen LogP contribution < -0.4 is 11.1 Å². The summed E-state index contributed by atoms with van der Waals surface area (Å²) in [4.78, 5) is 24.7. The van der Waals surface area contributed by atoms with Crippen LogP contribution in [0.5, 0.6) is 0 Å². The lowest BCUT2D eigenvalue weighted by Gasteiger charge is -2.30. The summed E-state index contributed by atoms with van der Waals surface area (Å²) >= 11 is 0. The van der Waals surface area contributed by atoms with E-state index in [1.54, 1.807) is 0 Å². The number of amides is 2. The fourth-order valence-electron chi connectivity index (χ4n) is 1.96. The van der Waals surface area contributed by atoms with Crippen LogP contribution in [0.25, 0.3) is 0 Å². The molecule has 1 aliphatic rings. The Morgan fingerprint density at radius 3 is 2.95 bits per heavy atom. The molecule has 0 aromatic rings. The first kappa shape index (κ1) is 16.8. The lowest BCUT2D eigenvalue weighted by atomic mass is 10.0. The third-order valence-corrected chi connectivity index (χ3v) is 2.96. The van der Waals surface area contributed by atoms with Crippen molar-refractivity contribution in [3.05, 3.63) is 0 Å². The smallest absolute Gasteiger partial charge is 0.246 e. The van der Waals surface area contributed by atoms with Gasteiger partial charge in [0.15, 0.2) is 0 Å². The van der Waals surface area contributed by atoms with Gasteiger partial charge in [-0.2, -0.15) is 0 Å². The van der Waals surface area contributed by atoms with E-state index in [1.165, 1.54) is 12.0 Å². The van der Waals surface area contributed by atoms with Crippen molar-refractivity contribution in [3.63, 3.8) is 0 Å². The van der Waals surface area contributed by atoms with Crippen molar-refractivity contribution in [2.75, 3.05) is 53.1 Å². The van der Waals surface area contributed by atoms with Gasteiger partial charge in [-0.1, -0.05) is 0 Å². The SMILES string of the molecule is COCC(=O)NCC1(O)COCCN(C(=O)CCN)C1. The van der Waals surface area contributed by atoms with Gasteiger partial charge < -0.3 is 30.5 Å². The van der Waals surface area contributed by atoms with E-state index >= 15 is 0 Å². The van der Waals surface area contributed by atoms with E-state index < -0.39 is 5.60 Å². The molecule has 0 bridgehead atoms. The molecule has 1 rings (SSSR count). The van der Waals surface area contributed by atoms with Crippen molar-refractivity contribution >= 4 is 11.8 Å². The standard InChI is InChI=1S/C12H23N3O5/c1-19-6-10(16)14-7-12(18)8-15(4-5-20-9-12)11(17)2-3-13/h18H,2-9,13H2,1H3,(H,14,16). The topological polar surface area (TPSA) is 114 Å². The van der Waals surface area contributed by atoms with Crippen LogP contribution in [0.1, 0.15) is 6.42 Å². The molecular weight excluding hydrogens is 266 g/mol. The zero-order valence-corrected chi connectivity index (χ0v) is 11.8. The maximum atomic E-state index is 11.9. The van der Waals surface area contributed by atoms with Crippen molar-refractivity contribution in [2.45, 2.75) is 12.0 Å². The Morgan fingerprint density at radius 1 is 1.55 bits per heavy atom. The second-order valence-electron chi connectivity index (χ2n) is 4.84. The van der Waals surface area contributed by atoms with E-state index in [0.29, 0.717) is 13.2 Å². The molecule has 1 fully saturated rings. The summed E-state index contributed by atoms with van der Waals surface area (Å²) in [7, 11) is 1.41. The Kier molecular flexibility index (Phi) is 6.86. The van der Waals surface area contributed by atoms with Crippen LogP contribution in [-0.4, -0.2) is 80.5 Å². The number of carbonyl (C=O) groups is 2. The monoisotopic (exact) mass is 289 g/mol. The van der Waals surface area contributed by atoms with E-state index in [1.807, 2.05) is 0 Å². The van der Waals surface area contributed by atoms with Gasteiger partial charge in [0, 0.05) is 26.6 Å². The molecule has 0 saturated carbocycles. The number of nitrogens with two attached hydrogens (primary N) is 1. The molecule has 1 heterocycles. The van der Waals surface area contributed by atoms with Crippen LogP contribution in [0, 0.1) is 0 Å². The number of β-amino-alcohol motifs (C(OH)–C–C–N with tert-alkyl or cyclic N) is 1. The minimum absolute atomic E-state index is 0.00159. The zero-order chi connectivity index (χ0) is 15.0. The number of nitrogens with one attached hydrogen (secondary N) is 1. The molecule has 1 unspecified atom stereocenters. The Labute approximate surface area is 118 Å². The van der Waals surface area contributed by atoms with Gasteiger partial charge in [-0.05, 0) is 0 Å². The highest BCUT2D eigenvalue weighted by atomic mass is 16.5. The molecule has 0 spiro atoms. The molecular formula is C12H23N3O5. The highest BCUT2D eigenvalue weighted by Crippen LogP contribution is 2.12. The summed E-state index contributed by atoms with van der Waals surface area (Å²) in [6.45, 7) is 1.12. The second-order valence-corrected chi connectivity index (χ2v) is 4.84. The first-order valence-corrected chi connectivity index (χ1v) is 6.54. The van der Waals surface area contributed by atoms with Crippen LogP contribution in [-0.2, 0) is 19.1 Å². The van der Waals surface area contributed by atoms with Gasteiger partial charge in [-0.25, -0.2) is 0 Å². The minimum atomic E-state index is -1.30. The summed E-state index contributed by atoms with van der Waals surface area (Å²) in [5, 5.41) is 13.0. The minimum Gasteiger partial charge on any atom is -0.384 e. The van der Waals surface area contributed by atoms with E-state index in [0.717, 1.165) is 0 Å². The molecule has 20 heavy (non-hydrogen) atoms. The molecule has 8 nitrogen and oxygen atoms in total. The number of hydrogen-bond acceptors (Lipinski definition) is 6. The van der Waals surface area contributed by atoms with Crippen molar-refractivity contribution in [1.82, 2.24) is 10.2 Å². The van der Waals surface area contributed by atoms with Crippen molar-refractivity contribution in [3.8, 4) is 0 Å². The van der Waals surface area contributed by atoms with Crippen LogP contribution in [0.4, 0.5) is 0 Å². The van der Waals surface area contributed by atoms with Crippen LogP contribution in [0.3, 0.4) is 0 Å².